The molecule has 0 heterocycles. The second-order valence-electron chi connectivity index (χ2n) is 2.47. The predicted octanol–water partition coefficient (Wildman–Crippen LogP) is 3.39. The molecule has 1 heteroatoms. The van der Waals surface area contributed by atoms with Crippen molar-refractivity contribution in [3.8, 4) is 0 Å². The molecule has 0 spiro atoms. The quantitative estimate of drug-likeness (QED) is 0.348. The number of hydrogen-bond acceptors (Lipinski definition) is 0. The summed E-state index contributed by atoms with van der Waals surface area (Å²) in [4.78, 5) is 2.32. The van der Waals surface area contributed by atoms with E-state index in [1.54, 1.807) is 0 Å². The van der Waals surface area contributed by atoms with Gasteiger partial charge in [-0.2, -0.15) is 0 Å². The van der Waals surface area contributed by atoms with E-state index < -0.39 is 0 Å². The van der Waals surface area contributed by atoms with Gasteiger partial charge in [0.1, 0.15) is 0 Å². The van der Waals surface area contributed by atoms with E-state index in [2.05, 4.69) is 24.6 Å². The van der Waals surface area contributed by atoms with E-state index in [-0.39, 0.29) is 0 Å². The first-order valence-corrected chi connectivity index (χ1v) is 6.49. The number of allylic oxidation sites excluding steroid dienone is 2. The van der Waals surface area contributed by atoms with Crippen LogP contribution in [-0.2, 0) is 0 Å². The van der Waals surface area contributed by atoms with Crippen molar-refractivity contribution in [3.63, 3.8) is 0 Å². The van der Waals surface area contributed by atoms with E-state index in [0.29, 0.717) is 0 Å². The zero-order chi connectivity index (χ0) is 8.36. The van der Waals surface area contributed by atoms with E-state index in [1.165, 1.54) is 24.6 Å². The molecule has 0 saturated carbocycles. The molecule has 0 rings (SSSR count). The van der Waals surface area contributed by atoms with Gasteiger partial charge in [0.05, 0.1) is 0 Å². The molecule has 0 fully saturated rings. The first-order chi connectivity index (χ1) is 5.41. The fraction of sp³-hybridized carbons (Fsp3) is 0.600. The van der Waals surface area contributed by atoms with E-state index in [1.807, 2.05) is 6.08 Å². The zero-order valence-electron chi connectivity index (χ0n) is 7.38. The minimum atomic E-state index is 0.748. The molecule has 0 aliphatic rings. The van der Waals surface area contributed by atoms with Crippen molar-refractivity contribution in [2.24, 2.45) is 0 Å². The van der Waals surface area contributed by atoms with E-state index >= 15 is 0 Å². The fourth-order valence-corrected chi connectivity index (χ4v) is 2.31. The monoisotopic (exact) mass is 218 g/mol. The Hall–Kier alpha value is -0.000519. The molecule has 0 bridgehead atoms. The summed E-state index contributed by atoms with van der Waals surface area (Å²) in [6, 6.07) is 0. The van der Waals surface area contributed by atoms with Crippen LogP contribution in [0.3, 0.4) is 0 Å². The molecule has 64 valence electrons. The molecule has 0 amide bonds. The Bertz CT molecular complexity index is 105. The molecule has 0 aliphatic carbocycles. The molecular weight excluding hydrogens is 199 g/mol. The molecule has 0 aromatic heterocycles. The van der Waals surface area contributed by atoms with Crippen molar-refractivity contribution < 1.29 is 0 Å². The topological polar surface area (TPSA) is 0 Å². The third kappa shape index (κ3) is 10.00. The summed E-state index contributed by atoms with van der Waals surface area (Å²) in [5.41, 5.74) is 0. The van der Waals surface area contributed by atoms with Crippen molar-refractivity contribution in [2.75, 3.05) is 0 Å². The SMILES string of the molecule is C=CC/C=C/[Se]CCCCC. The van der Waals surface area contributed by atoms with Gasteiger partial charge in [0.15, 0.2) is 0 Å². The minimum absolute atomic E-state index is 0.748. The van der Waals surface area contributed by atoms with Crippen molar-refractivity contribution >= 4 is 15.0 Å². The standard InChI is InChI=1S/C10H18Se/c1-3-5-7-9-11-10-8-6-4-2/h3,7,9H,1,4-6,8,10H2,2H3/b9-7+. The van der Waals surface area contributed by atoms with Crippen molar-refractivity contribution in [2.45, 2.75) is 37.9 Å². The molecule has 0 saturated heterocycles. The van der Waals surface area contributed by atoms with Gasteiger partial charge >= 0.3 is 76.6 Å². The summed E-state index contributed by atoms with van der Waals surface area (Å²) in [6.45, 7) is 5.91. The maximum absolute atomic E-state index is 3.66. The molecule has 0 aromatic rings. The maximum atomic E-state index is 3.66. The average Bonchev–Trinajstić information content (AvgIpc) is 2.03. The van der Waals surface area contributed by atoms with Gasteiger partial charge in [-0.1, -0.05) is 0 Å². The van der Waals surface area contributed by atoms with Crippen LogP contribution in [0.25, 0.3) is 0 Å². The van der Waals surface area contributed by atoms with Crippen LogP contribution in [0.5, 0.6) is 0 Å². The fourth-order valence-electron chi connectivity index (χ4n) is 0.723. The first kappa shape index (κ1) is 11.0. The van der Waals surface area contributed by atoms with Crippen LogP contribution in [0.2, 0.25) is 5.32 Å². The molecule has 0 aromatic carbocycles. The van der Waals surface area contributed by atoms with Gasteiger partial charge in [-0.3, -0.25) is 0 Å². The van der Waals surface area contributed by atoms with Crippen LogP contribution in [0.15, 0.2) is 23.7 Å². The van der Waals surface area contributed by atoms with Crippen molar-refractivity contribution in [1.82, 2.24) is 0 Å². The summed E-state index contributed by atoms with van der Waals surface area (Å²) in [5.74, 6) is 0. The Morgan fingerprint density at radius 1 is 1.36 bits per heavy atom. The van der Waals surface area contributed by atoms with Crippen LogP contribution in [0, 0.1) is 0 Å². The molecule has 0 aliphatic heterocycles. The van der Waals surface area contributed by atoms with Crippen LogP contribution in [0.1, 0.15) is 32.6 Å². The van der Waals surface area contributed by atoms with Crippen molar-refractivity contribution in [3.05, 3.63) is 23.7 Å². The molecule has 0 N–H and O–H groups in total. The van der Waals surface area contributed by atoms with Crippen LogP contribution < -0.4 is 0 Å². The number of hydrogen-bond donors (Lipinski definition) is 0. The number of rotatable bonds is 7. The van der Waals surface area contributed by atoms with Crippen LogP contribution in [0.4, 0.5) is 0 Å². The van der Waals surface area contributed by atoms with Gasteiger partial charge < -0.3 is 0 Å². The Morgan fingerprint density at radius 2 is 2.18 bits per heavy atom. The third-order valence-corrected chi connectivity index (χ3v) is 3.27. The van der Waals surface area contributed by atoms with Gasteiger partial charge in [0.25, 0.3) is 0 Å². The summed E-state index contributed by atoms with van der Waals surface area (Å²) >= 11 is 0.748. The average molecular weight is 217 g/mol. The van der Waals surface area contributed by atoms with E-state index in [4.69, 9.17) is 0 Å². The third-order valence-electron chi connectivity index (χ3n) is 1.36. The zero-order valence-corrected chi connectivity index (χ0v) is 9.10. The molecule has 0 nitrogen and oxygen atoms in total. The molecule has 0 atom stereocenters. The van der Waals surface area contributed by atoms with Crippen molar-refractivity contribution in [1.29, 1.82) is 0 Å². The molecule has 0 unspecified atom stereocenters. The first-order valence-electron chi connectivity index (χ1n) is 4.29. The predicted molar refractivity (Wildman–Crippen MR) is 54.0 cm³/mol. The second-order valence-corrected chi connectivity index (χ2v) is 4.60. The van der Waals surface area contributed by atoms with Gasteiger partial charge in [0, 0.05) is 0 Å². The Kier molecular flexibility index (Phi) is 10.00. The molecule has 11 heavy (non-hydrogen) atoms. The Morgan fingerprint density at radius 3 is 2.82 bits per heavy atom. The van der Waals surface area contributed by atoms with Gasteiger partial charge in [-0.05, 0) is 0 Å². The normalized spacial score (nSPS) is 10.6. The summed E-state index contributed by atoms with van der Waals surface area (Å²) < 4.78 is 0. The summed E-state index contributed by atoms with van der Waals surface area (Å²) in [5, 5.41) is 1.41. The van der Waals surface area contributed by atoms with Crippen LogP contribution in [-0.4, -0.2) is 15.0 Å². The summed E-state index contributed by atoms with van der Waals surface area (Å²) in [7, 11) is 0. The molecule has 0 radical (unpaired) electrons. The Labute approximate surface area is 76.9 Å². The van der Waals surface area contributed by atoms with Gasteiger partial charge in [-0.25, -0.2) is 0 Å². The van der Waals surface area contributed by atoms with Gasteiger partial charge in [0.2, 0.25) is 0 Å². The molecular formula is C10H18Se. The number of unbranched alkanes of at least 4 members (excludes halogenated alkanes) is 2. The van der Waals surface area contributed by atoms with E-state index in [9.17, 15) is 0 Å². The summed E-state index contributed by atoms with van der Waals surface area (Å²) in [6.07, 6.45) is 9.35. The second kappa shape index (κ2) is 10.00. The van der Waals surface area contributed by atoms with Crippen LogP contribution >= 0.6 is 0 Å². The van der Waals surface area contributed by atoms with E-state index in [0.717, 1.165) is 21.4 Å². The Balaban J connectivity index is 2.94. The van der Waals surface area contributed by atoms with Gasteiger partial charge in [-0.15, -0.1) is 0 Å².